The summed E-state index contributed by atoms with van der Waals surface area (Å²) in [6, 6.07) is 0. The van der Waals surface area contributed by atoms with E-state index in [1.807, 2.05) is 0 Å². The minimum Gasteiger partial charge on any atom is -0.394 e. The molecule has 0 aromatic rings. The van der Waals surface area contributed by atoms with Gasteiger partial charge in [0, 0.05) is 0 Å². The molecule has 0 aromatic carbocycles. The van der Waals surface area contributed by atoms with Crippen LogP contribution in [0, 0.1) is 0 Å². The fraction of sp³-hybridized carbons (Fsp3) is 0.778. The smallest absolute Gasteiger partial charge is 0.0783 e. The van der Waals surface area contributed by atoms with Crippen molar-refractivity contribution in [2.75, 3.05) is 13.2 Å². The molecule has 0 spiro atoms. The lowest BCUT2D eigenvalue weighted by molar-refractivity contribution is 0.0359. The molecule has 0 aliphatic heterocycles. The molecule has 1 fully saturated rings. The Bertz CT molecular complexity index is 132. The van der Waals surface area contributed by atoms with Gasteiger partial charge < -0.3 is 9.84 Å². The molecule has 0 saturated heterocycles. The van der Waals surface area contributed by atoms with E-state index in [0.29, 0.717) is 6.61 Å². The first kappa shape index (κ1) is 8.75. The van der Waals surface area contributed by atoms with Gasteiger partial charge in [0.15, 0.2) is 0 Å². The summed E-state index contributed by atoms with van der Waals surface area (Å²) in [5.74, 6) is 0. The van der Waals surface area contributed by atoms with Gasteiger partial charge in [-0.1, -0.05) is 13.0 Å². The van der Waals surface area contributed by atoms with Crippen LogP contribution < -0.4 is 0 Å². The van der Waals surface area contributed by atoms with Gasteiger partial charge in [0.2, 0.25) is 0 Å². The second kappa shape index (κ2) is 4.52. The molecular weight excluding hydrogens is 140 g/mol. The molecule has 1 unspecified atom stereocenters. The summed E-state index contributed by atoms with van der Waals surface area (Å²) < 4.78 is 5.39. The number of aliphatic hydroxyl groups excluding tert-OH is 1. The number of ether oxygens (including phenoxy) is 1. The molecule has 1 N–H and O–H groups in total. The number of aliphatic hydroxyl groups is 1. The lowest BCUT2D eigenvalue weighted by Crippen LogP contribution is -2.20. The highest BCUT2D eigenvalue weighted by molar-refractivity contribution is 5.04. The van der Waals surface area contributed by atoms with Gasteiger partial charge in [0.1, 0.15) is 0 Å². The van der Waals surface area contributed by atoms with Gasteiger partial charge in [0.25, 0.3) is 0 Å². The summed E-state index contributed by atoms with van der Waals surface area (Å²) in [6.45, 7) is 4.50. The molecule has 64 valence electrons. The third-order valence-corrected chi connectivity index (χ3v) is 2.08. The Morgan fingerprint density at radius 2 is 2.36 bits per heavy atom. The Kier molecular flexibility index (Phi) is 3.60. The van der Waals surface area contributed by atoms with E-state index < -0.39 is 0 Å². The average Bonchev–Trinajstić information content (AvgIpc) is 2.03. The number of hydrogen-bond acceptors (Lipinski definition) is 2. The molecule has 2 nitrogen and oxygen atoms in total. The van der Waals surface area contributed by atoms with Gasteiger partial charge in [-0.3, -0.25) is 0 Å². The summed E-state index contributed by atoms with van der Waals surface area (Å²) in [7, 11) is 0. The molecule has 0 radical (unpaired) electrons. The number of hydrogen-bond donors (Lipinski definition) is 1. The van der Waals surface area contributed by atoms with Crippen LogP contribution in [0.1, 0.15) is 25.7 Å². The SMILES string of the molecule is C=C1CCCCC1OCCO. The molecule has 0 heterocycles. The second-order valence-corrected chi connectivity index (χ2v) is 2.99. The van der Waals surface area contributed by atoms with Crippen LogP contribution in [0.2, 0.25) is 0 Å². The van der Waals surface area contributed by atoms with Gasteiger partial charge in [-0.15, -0.1) is 0 Å². The highest BCUT2D eigenvalue weighted by Crippen LogP contribution is 2.24. The zero-order valence-corrected chi connectivity index (χ0v) is 6.88. The van der Waals surface area contributed by atoms with Crippen molar-refractivity contribution in [2.24, 2.45) is 0 Å². The van der Waals surface area contributed by atoms with E-state index in [9.17, 15) is 0 Å². The molecule has 2 heteroatoms. The van der Waals surface area contributed by atoms with Crippen LogP contribution in [-0.2, 0) is 4.74 Å². The van der Waals surface area contributed by atoms with Gasteiger partial charge in [-0.05, 0) is 24.8 Å². The maximum absolute atomic E-state index is 8.53. The molecular formula is C9H16O2. The van der Waals surface area contributed by atoms with Gasteiger partial charge in [-0.2, -0.15) is 0 Å². The van der Waals surface area contributed by atoms with Crippen molar-refractivity contribution < 1.29 is 9.84 Å². The first-order chi connectivity index (χ1) is 5.34. The lowest BCUT2D eigenvalue weighted by atomic mass is 9.93. The highest BCUT2D eigenvalue weighted by Gasteiger charge is 2.16. The number of rotatable bonds is 3. The van der Waals surface area contributed by atoms with Gasteiger partial charge in [-0.25, -0.2) is 0 Å². The molecule has 0 amide bonds. The maximum atomic E-state index is 8.53. The van der Waals surface area contributed by atoms with Crippen molar-refractivity contribution in [3.05, 3.63) is 12.2 Å². The molecule has 1 saturated carbocycles. The van der Waals surface area contributed by atoms with Crippen LogP contribution in [0.3, 0.4) is 0 Å². The summed E-state index contributed by atoms with van der Waals surface area (Å²) >= 11 is 0. The third-order valence-electron chi connectivity index (χ3n) is 2.08. The zero-order valence-electron chi connectivity index (χ0n) is 6.88. The van der Waals surface area contributed by atoms with Gasteiger partial charge in [0.05, 0.1) is 19.3 Å². The Morgan fingerprint density at radius 1 is 1.55 bits per heavy atom. The molecule has 0 bridgehead atoms. The van der Waals surface area contributed by atoms with E-state index in [-0.39, 0.29) is 12.7 Å². The normalized spacial score (nSPS) is 25.5. The molecule has 11 heavy (non-hydrogen) atoms. The Labute approximate surface area is 67.9 Å². The second-order valence-electron chi connectivity index (χ2n) is 2.99. The van der Waals surface area contributed by atoms with Crippen molar-refractivity contribution in [3.8, 4) is 0 Å². The standard InChI is InChI=1S/C9H16O2/c1-8-4-2-3-5-9(8)11-7-6-10/h9-10H,1-7H2. The molecule has 1 aliphatic carbocycles. The largest absolute Gasteiger partial charge is 0.394 e. The fourth-order valence-electron chi connectivity index (χ4n) is 1.44. The minimum absolute atomic E-state index is 0.115. The minimum atomic E-state index is 0.115. The lowest BCUT2D eigenvalue weighted by Gasteiger charge is -2.24. The van der Waals surface area contributed by atoms with E-state index in [1.54, 1.807) is 0 Å². The van der Waals surface area contributed by atoms with Crippen LogP contribution in [0.25, 0.3) is 0 Å². The zero-order chi connectivity index (χ0) is 8.10. The van der Waals surface area contributed by atoms with Crippen LogP contribution in [0.4, 0.5) is 0 Å². The van der Waals surface area contributed by atoms with Crippen molar-refractivity contribution >= 4 is 0 Å². The molecule has 1 rings (SSSR count). The van der Waals surface area contributed by atoms with Crippen molar-refractivity contribution in [1.82, 2.24) is 0 Å². The van der Waals surface area contributed by atoms with Crippen LogP contribution in [-0.4, -0.2) is 24.4 Å². The first-order valence-corrected chi connectivity index (χ1v) is 4.24. The summed E-state index contributed by atoms with van der Waals surface area (Å²) in [5, 5.41) is 8.53. The first-order valence-electron chi connectivity index (χ1n) is 4.24. The highest BCUT2D eigenvalue weighted by atomic mass is 16.5. The third kappa shape index (κ3) is 2.64. The molecule has 1 atom stereocenters. The van der Waals surface area contributed by atoms with Crippen molar-refractivity contribution in [1.29, 1.82) is 0 Å². The molecule has 1 aliphatic rings. The summed E-state index contributed by atoms with van der Waals surface area (Å²) in [5.41, 5.74) is 1.20. The Morgan fingerprint density at radius 3 is 3.00 bits per heavy atom. The summed E-state index contributed by atoms with van der Waals surface area (Å²) in [4.78, 5) is 0. The average molecular weight is 156 g/mol. The summed E-state index contributed by atoms with van der Waals surface area (Å²) in [6.07, 6.45) is 4.87. The maximum Gasteiger partial charge on any atom is 0.0783 e. The van der Waals surface area contributed by atoms with Crippen molar-refractivity contribution in [3.63, 3.8) is 0 Å². The predicted molar refractivity (Wildman–Crippen MR) is 44.4 cm³/mol. The monoisotopic (exact) mass is 156 g/mol. The van der Waals surface area contributed by atoms with Crippen LogP contribution in [0.5, 0.6) is 0 Å². The van der Waals surface area contributed by atoms with Gasteiger partial charge >= 0.3 is 0 Å². The Balaban J connectivity index is 2.24. The van der Waals surface area contributed by atoms with E-state index >= 15 is 0 Å². The fourth-order valence-corrected chi connectivity index (χ4v) is 1.44. The van der Waals surface area contributed by atoms with E-state index in [2.05, 4.69) is 6.58 Å². The van der Waals surface area contributed by atoms with E-state index in [0.717, 1.165) is 12.8 Å². The Hall–Kier alpha value is -0.340. The van der Waals surface area contributed by atoms with Crippen molar-refractivity contribution in [2.45, 2.75) is 31.8 Å². The van der Waals surface area contributed by atoms with Crippen LogP contribution in [0.15, 0.2) is 12.2 Å². The quantitative estimate of drug-likeness (QED) is 0.627. The van der Waals surface area contributed by atoms with E-state index in [4.69, 9.17) is 9.84 Å². The topological polar surface area (TPSA) is 29.5 Å². The van der Waals surface area contributed by atoms with E-state index in [1.165, 1.54) is 18.4 Å². The van der Waals surface area contributed by atoms with Crippen LogP contribution >= 0.6 is 0 Å². The predicted octanol–water partition coefficient (Wildman–Crippen LogP) is 1.49. The molecule has 0 aromatic heterocycles.